The molecule has 1 aliphatic carbocycles. The van der Waals surface area contributed by atoms with Crippen LogP contribution in [0.4, 0.5) is 5.82 Å². The normalized spacial score (nSPS) is 17.5. The van der Waals surface area contributed by atoms with Crippen LogP contribution in [0.15, 0.2) is 60.8 Å². The Bertz CT molecular complexity index is 1360. The molecule has 0 unspecified atom stereocenters. The number of aromatic nitrogens is 3. The zero-order chi connectivity index (χ0) is 25.8. The monoisotopic (exact) mass is 502 g/mol. The van der Waals surface area contributed by atoms with E-state index in [0.717, 1.165) is 48.2 Å². The van der Waals surface area contributed by atoms with E-state index in [1.54, 1.807) is 38.6 Å². The predicted molar refractivity (Wildman–Crippen MR) is 140 cm³/mol. The number of aromatic carboxylic acids is 1. The number of carboxylic acids is 1. The molecular weight excluding hydrogens is 472 g/mol. The van der Waals surface area contributed by atoms with Crippen LogP contribution in [0.2, 0.25) is 0 Å². The van der Waals surface area contributed by atoms with Crippen LogP contribution >= 0.6 is 0 Å². The summed E-state index contributed by atoms with van der Waals surface area (Å²) >= 11 is 0. The minimum atomic E-state index is -0.979. The number of nitrogens with one attached hydrogen (secondary N) is 1. The highest BCUT2D eigenvalue weighted by Gasteiger charge is 2.24. The summed E-state index contributed by atoms with van der Waals surface area (Å²) in [4.78, 5) is 15.9. The van der Waals surface area contributed by atoms with Crippen molar-refractivity contribution in [1.29, 1.82) is 0 Å². The number of hydrogen-bond donors (Lipinski definition) is 2. The number of ether oxygens (including phenoxy) is 3. The third-order valence-electron chi connectivity index (χ3n) is 6.76. The first-order valence-corrected chi connectivity index (χ1v) is 12.3. The number of pyridine rings is 1. The summed E-state index contributed by atoms with van der Waals surface area (Å²) in [5.74, 6) is 1.67. The second kappa shape index (κ2) is 10.9. The zero-order valence-electron chi connectivity index (χ0n) is 20.9. The summed E-state index contributed by atoms with van der Waals surface area (Å²) in [6, 6.07) is 16.3. The smallest absolute Gasteiger partial charge is 0.335 e. The summed E-state index contributed by atoms with van der Waals surface area (Å²) in [6.07, 6.45) is 5.96. The first-order chi connectivity index (χ1) is 18.0. The van der Waals surface area contributed by atoms with Gasteiger partial charge >= 0.3 is 5.97 Å². The summed E-state index contributed by atoms with van der Waals surface area (Å²) in [7, 11) is 3.42. The maximum absolute atomic E-state index is 11.2. The van der Waals surface area contributed by atoms with Crippen LogP contribution in [0.1, 0.15) is 41.6 Å². The number of rotatable bonds is 9. The van der Waals surface area contributed by atoms with Crippen LogP contribution in [0.25, 0.3) is 11.0 Å². The van der Waals surface area contributed by atoms with Crippen molar-refractivity contribution in [3.05, 3.63) is 71.9 Å². The largest absolute Gasteiger partial charge is 0.497 e. The molecule has 1 aliphatic rings. The highest BCUT2D eigenvalue weighted by atomic mass is 16.5. The Morgan fingerprint density at radius 1 is 1.00 bits per heavy atom. The molecule has 9 nitrogen and oxygen atoms in total. The highest BCUT2D eigenvalue weighted by molar-refractivity contribution is 5.93. The number of methoxy groups -OCH3 is 2. The van der Waals surface area contributed by atoms with Crippen molar-refractivity contribution >= 4 is 22.8 Å². The molecule has 9 heteroatoms. The molecule has 2 heterocycles. The van der Waals surface area contributed by atoms with Gasteiger partial charge in [0, 0.05) is 25.4 Å². The molecule has 2 aromatic heterocycles. The Kier molecular flexibility index (Phi) is 7.23. The van der Waals surface area contributed by atoms with Gasteiger partial charge in [-0.2, -0.15) is 5.10 Å². The Hall–Kier alpha value is -4.11. The minimum Gasteiger partial charge on any atom is -0.497 e. The maximum Gasteiger partial charge on any atom is 0.335 e. The lowest BCUT2D eigenvalue weighted by atomic mass is 9.93. The van der Waals surface area contributed by atoms with Crippen molar-refractivity contribution in [2.24, 2.45) is 0 Å². The number of anilines is 1. The van der Waals surface area contributed by atoms with Crippen LogP contribution in [0.5, 0.6) is 17.2 Å². The molecular formula is C28H30N4O5. The van der Waals surface area contributed by atoms with Gasteiger partial charge < -0.3 is 24.6 Å². The first kappa shape index (κ1) is 24.6. The van der Waals surface area contributed by atoms with E-state index in [2.05, 4.69) is 10.3 Å². The van der Waals surface area contributed by atoms with Crippen LogP contribution < -0.4 is 14.8 Å². The first-order valence-electron chi connectivity index (χ1n) is 12.3. The third kappa shape index (κ3) is 5.51. The fourth-order valence-corrected chi connectivity index (χ4v) is 4.70. The van der Waals surface area contributed by atoms with Gasteiger partial charge in [0.2, 0.25) is 0 Å². The number of fused-ring (bicyclic) bond motifs is 1. The molecule has 0 aliphatic heterocycles. The van der Waals surface area contributed by atoms with Crippen molar-refractivity contribution in [2.75, 3.05) is 19.5 Å². The molecule has 192 valence electrons. The molecule has 5 rings (SSSR count). The van der Waals surface area contributed by atoms with E-state index < -0.39 is 5.97 Å². The topological polar surface area (TPSA) is 108 Å². The van der Waals surface area contributed by atoms with Gasteiger partial charge in [-0.25, -0.2) is 14.5 Å². The molecule has 0 saturated heterocycles. The SMILES string of the molecule is COc1ccc(Cn2nc(N[C@H]3CC[C@H](OC)CC3)c3c(Oc4ccc(C(=O)O)cc4)ccnc32)cc1. The van der Waals surface area contributed by atoms with Gasteiger partial charge in [0.05, 0.1) is 25.3 Å². The number of carbonyl (C=O) groups is 1. The van der Waals surface area contributed by atoms with Gasteiger partial charge in [0.15, 0.2) is 11.5 Å². The summed E-state index contributed by atoms with van der Waals surface area (Å²) in [6.45, 7) is 0.530. The Labute approximate surface area is 215 Å². The second-order valence-corrected chi connectivity index (χ2v) is 9.15. The van der Waals surface area contributed by atoms with Crippen LogP contribution in [0, 0.1) is 0 Å². The standard InChI is InChI=1S/C28H30N4O5/c1-35-21-9-3-18(4-10-21)17-32-27-25(26(31-32)30-20-7-13-22(36-2)14-8-20)24(15-16-29-27)37-23-11-5-19(6-12-23)28(33)34/h3-6,9-12,15-16,20,22H,7-8,13-14,17H2,1-2H3,(H,30,31)(H,33,34)/t20-,22-. The van der Waals surface area contributed by atoms with Crippen LogP contribution in [0.3, 0.4) is 0 Å². The fraction of sp³-hybridized carbons (Fsp3) is 0.321. The molecule has 2 N–H and O–H groups in total. The molecule has 4 aromatic rings. The lowest BCUT2D eigenvalue weighted by Gasteiger charge is -2.28. The van der Waals surface area contributed by atoms with Gasteiger partial charge in [0.1, 0.15) is 22.6 Å². The molecule has 0 atom stereocenters. The van der Waals surface area contributed by atoms with Crippen molar-refractivity contribution in [2.45, 2.75) is 44.4 Å². The molecule has 0 bridgehead atoms. The van der Waals surface area contributed by atoms with E-state index in [9.17, 15) is 9.90 Å². The van der Waals surface area contributed by atoms with E-state index in [4.69, 9.17) is 19.3 Å². The number of carboxylic acid groups (broad SMARTS) is 1. The quantitative estimate of drug-likeness (QED) is 0.315. The maximum atomic E-state index is 11.2. The molecule has 0 radical (unpaired) electrons. The highest BCUT2D eigenvalue weighted by Crippen LogP contribution is 2.36. The average molecular weight is 503 g/mol. The molecule has 37 heavy (non-hydrogen) atoms. The second-order valence-electron chi connectivity index (χ2n) is 9.15. The Morgan fingerprint density at radius 2 is 1.70 bits per heavy atom. The number of nitrogens with zero attached hydrogens (tertiary/aromatic N) is 3. The molecule has 0 amide bonds. The number of benzene rings is 2. The molecule has 1 fully saturated rings. The van der Waals surface area contributed by atoms with Crippen molar-refractivity contribution < 1.29 is 24.1 Å². The van der Waals surface area contributed by atoms with E-state index in [-0.39, 0.29) is 11.6 Å². The van der Waals surface area contributed by atoms with E-state index >= 15 is 0 Å². The number of hydrogen-bond acceptors (Lipinski definition) is 7. The van der Waals surface area contributed by atoms with E-state index in [0.29, 0.717) is 29.8 Å². The Balaban J connectivity index is 1.49. The van der Waals surface area contributed by atoms with Crippen molar-refractivity contribution in [3.63, 3.8) is 0 Å². The van der Waals surface area contributed by atoms with Crippen molar-refractivity contribution in [1.82, 2.24) is 14.8 Å². The summed E-state index contributed by atoms with van der Waals surface area (Å²) in [5.41, 5.74) is 1.96. The molecule has 1 saturated carbocycles. The van der Waals surface area contributed by atoms with E-state index in [1.807, 2.05) is 28.9 Å². The van der Waals surface area contributed by atoms with E-state index in [1.165, 1.54) is 12.1 Å². The van der Waals surface area contributed by atoms with Gasteiger partial charge in [-0.1, -0.05) is 12.1 Å². The van der Waals surface area contributed by atoms with Crippen molar-refractivity contribution in [3.8, 4) is 17.2 Å². The van der Waals surface area contributed by atoms with Crippen LogP contribution in [-0.4, -0.2) is 52.2 Å². The van der Waals surface area contributed by atoms with Gasteiger partial charge in [-0.15, -0.1) is 0 Å². The van der Waals surface area contributed by atoms with Gasteiger partial charge in [-0.05, 0) is 67.6 Å². The summed E-state index contributed by atoms with van der Waals surface area (Å²) in [5, 5.41) is 18.5. The predicted octanol–water partition coefficient (Wildman–Crippen LogP) is 5.35. The van der Waals surface area contributed by atoms with Crippen LogP contribution in [-0.2, 0) is 11.3 Å². The summed E-state index contributed by atoms with van der Waals surface area (Å²) < 4.78 is 18.9. The molecule has 0 spiro atoms. The lowest BCUT2D eigenvalue weighted by Crippen LogP contribution is -2.29. The fourth-order valence-electron chi connectivity index (χ4n) is 4.70. The van der Waals surface area contributed by atoms with Gasteiger partial charge in [-0.3, -0.25) is 0 Å². The third-order valence-corrected chi connectivity index (χ3v) is 6.76. The molecule has 2 aromatic carbocycles. The average Bonchev–Trinajstić information content (AvgIpc) is 3.27. The zero-order valence-corrected chi connectivity index (χ0v) is 20.9. The minimum absolute atomic E-state index is 0.202. The van der Waals surface area contributed by atoms with Gasteiger partial charge in [0.25, 0.3) is 0 Å². The Morgan fingerprint density at radius 3 is 2.35 bits per heavy atom. The lowest BCUT2D eigenvalue weighted by molar-refractivity contribution is 0.0681.